The van der Waals surface area contributed by atoms with E-state index in [-0.39, 0.29) is 5.91 Å². The number of benzene rings is 1. The van der Waals surface area contributed by atoms with Gasteiger partial charge in [0.25, 0.3) is 5.91 Å². The molecule has 4 nitrogen and oxygen atoms in total. The van der Waals surface area contributed by atoms with Crippen LogP contribution in [0.4, 0.5) is 0 Å². The van der Waals surface area contributed by atoms with E-state index in [9.17, 15) is 4.79 Å². The first-order valence-electron chi connectivity index (χ1n) is 6.72. The Kier molecular flexibility index (Phi) is 6.97. The van der Waals surface area contributed by atoms with Crippen LogP contribution in [0.5, 0.6) is 5.75 Å². The average molecular weight is 265 g/mol. The molecular weight excluding hydrogens is 242 g/mol. The Morgan fingerprint density at radius 2 is 2.00 bits per heavy atom. The van der Waals surface area contributed by atoms with Gasteiger partial charge in [0.1, 0.15) is 5.75 Å². The SMILES string of the molecule is CCOCCCNC(=O)[C@@H](C)Oc1ccc(C)cc1. The van der Waals surface area contributed by atoms with E-state index in [1.807, 2.05) is 38.1 Å². The summed E-state index contributed by atoms with van der Waals surface area (Å²) in [6.45, 7) is 7.71. The van der Waals surface area contributed by atoms with Crippen LogP contribution in [0.25, 0.3) is 0 Å². The molecule has 1 atom stereocenters. The van der Waals surface area contributed by atoms with E-state index in [1.165, 1.54) is 5.56 Å². The number of aryl methyl sites for hydroxylation is 1. The Labute approximate surface area is 115 Å². The fourth-order valence-corrected chi connectivity index (χ4v) is 1.55. The minimum Gasteiger partial charge on any atom is -0.481 e. The Morgan fingerprint density at radius 1 is 1.32 bits per heavy atom. The minimum atomic E-state index is -0.491. The van der Waals surface area contributed by atoms with Gasteiger partial charge in [-0.25, -0.2) is 0 Å². The molecule has 19 heavy (non-hydrogen) atoms. The quantitative estimate of drug-likeness (QED) is 0.734. The second-order valence-corrected chi connectivity index (χ2v) is 4.41. The summed E-state index contributed by atoms with van der Waals surface area (Å²) < 4.78 is 10.8. The predicted molar refractivity (Wildman–Crippen MR) is 75.4 cm³/mol. The lowest BCUT2D eigenvalue weighted by Gasteiger charge is -2.14. The van der Waals surface area contributed by atoms with E-state index in [2.05, 4.69) is 5.32 Å². The zero-order valence-electron chi connectivity index (χ0n) is 11.9. The molecule has 0 radical (unpaired) electrons. The van der Waals surface area contributed by atoms with Gasteiger partial charge >= 0.3 is 0 Å². The summed E-state index contributed by atoms with van der Waals surface area (Å²) in [5.41, 5.74) is 1.17. The van der Waals surface area contributed by atoms with Gasteiger partial charge in [0, 0.05) is 19.8 Å². The highest BCUT2D eigenvalue weighted by atomic mass is 16.5. The average Bonchev–Trinajstić information content (AvgIpc) is 2.41. The minimum absolute atomic E-state index is 0.0999. The highest BCUT2D eigenvalue weighted by Gasteiger charge is 2.13. The Bertz CT molecular complexity index is 375. The summed E-state index contributed by atoms with van der Waals surface area (Å²) in [6.07, 6.45) is 0.325. The summed E-state index contributed by atoms with van der Waals surface area (Å²) in [5, 5.41) is 2.83. The van der Waals surface area contributed by atoms with Crippen LogP contribution in [-0.2, 0) is 9.53 Å². The lowest BCUT2D eigenvalue weighted by atomic mass is 10.2. The van der Waals surface area contributed by atoms with E-state index in [1.54, 1.807) is 6.92 Å². The van der Waals surface area contributed by atoms with Crippen LogP contribution in [0, 0.1) is 6.92 Å². The van der Waals surface area contributed by atoms with Crippen molar-refractivity contribution in [3.63, 3.8) is 0 Å². The molecule has 0 bridgehead atoms. The van der Waals surface area contributed by atoms with Gasteiger partial charge in [-0.15, -0.1) is 0 Å². The number of rotatable bonds is 8. The van der Waals surface area contributed by atoms with Crippen molar-refractivity contribution >= 4 is 5.91 Å². The molecule has 4 heteroatoms. The van der Waals surface area contributed by atoms with Gasteiger partial charge in [0.05, 0.1) is 0 Å². The number of nitrogens with one attached hydrogen (secondary N) is 1. The van der Waals surface area contributed by atoms with Crippen LogP contribution in [0.3, 0.4) is 0 Å². The molecule has 0 unspecified atom stereocenters. The van der Waals surface area contributed by atoms with Crippen molar-refractivity contribution in [3.8, 4) is 5.75 Å². The molecule has 0 aliphatic heterocycles. The van der Waals surface area contributed by atoms with Crippen molar-refractivity contribution < 1.29 is 14.3 Å². The van der Waals surface area contributed by atoms with Crippen molar-refractivity contribution in [1.82, 2.24) is 5.32 Å². The second-order valence-electron chi connectivity index (χ2n) is 4.41. The van der Waals surface area contributed by atoms with E-state index in [4.69, 9.17) is 9.47 Å². The fraction of sp³-hybridized carbons (Fsp3) is 0.533. The van der Waals surface area contributed by atoms with Gasteiger partial charge in [0.2, 0.25) is 0 Å². The van der Waals surface area contributed by atoms with Gasteiger partial charge in [-0.1, -0.05) is 17.7 Å². The lowest BCUT2D eigenvalue weighted by molar-refractivity contribution is -0.127. The molecule has 0 saturated carbocycles. The topological polar surface area (TPSA) is 47.6 Å². The fourth-order valence-electron chi connectivity index (χ4n) is 1.55. The summed E-state index contributed by atoms with van der Waals surface area (Å²) in [4.78, 5) is 11.8. The number of amides is 1. The zero-order valence-corrected chi connectivity index (χ0v) is 11.9. The molecule has 1 rings (SSSR count). The molecule has 106 valence electrons. The largest absolute Gasteiger partial charge is 0.481 e. The normalized spacial score (nSPS) is 11.9. The molecule has 1 amide bonds. The van der Waals surface area contributed by atoms with Gasteiger partial charge < -0.3 is 14.8 Å². The number of carbonyl (C=O) groups excluding carboxylic acids is 1. The zero-order chi connectivity index (χ0) is 14.1. The van der Waals surface area contributed by atoms with Gasteiger partial charge in [-0.2, -0.15) is 0 Å². The number of ether oxygens (including phenoxy) is 2. The van der Waals surface area contributed by atoms with E-state index in [0.29, 0.717) is 25.5 Å². The van der Waals surface area contributed by atoms with Crippen molar-refractivity contribution in [1.29, 1.82) is 0 Å². The molecule has 0 aromatic heterocycles. The molecule has 0 aliphatic rings. The molecule has 1 aromatic rings. The Balaban J connectivity index is 2.26. The first-order chi connectivity index (χ1) is 9.13. The summed E-state index contributed by atoms with van der Waals surface area (Å²) in [6, 6.07) is 7.66. The van der Waals surface area contributed by atoms with Gasteiger partial charge in [-0.05, 0) is 39.3 Å². The molecule has 1 aromatic carbocycles. The van der Waals surface area contributed by atoms with E-state index in [0.717, 1.165) is 6.42 Å². The van der Waals surface area contributed by atoms with E-state index >= 15 is 0 Å². The summed E-state index contributed by atoms with van der Waals surface area (Å²) in [7, 11) is 0. The first kappa shape index (κ1) is 15.5. The van der Waals surface area contributed by atoms with Crippen LogP contribution >= 0.6 is 0 Å². The summed E-state index contributed by atoms with van der Waals surface area (Å²) in [5.74, 6) is 0.611. The molecule has 0 fully saturated rings. The lowest BCUT2D eigenvalue weighted by Crippen LogP contribution is -2.37. The molecule has 0 spiro atoms. The van der Waals surface area contributed by atoms with Crippen LogP contribution in [0.15, 0.2) is 24.3 Å². The maximum atomic E-state index is 11.8. The van der Waals surface area contributed by atoms with Gasteiger partial charge in [-0.3, -0.25) is 4.79 Å². The summed E-state index contributed by atoms with van der Waals surface area (Å²) >= 11 is 0. The number of hydrogen-bond acceptors (Lipinski definition) is 3. The van der Waals surface area contributed by atoms with Crippen molar-refractivity contribution in [2.24, 2.45) is 0 Å². The molecule has 1 N–H and O–H groups in total. The second kappa shape index (κ2) is 8.53. The van der Waals surface area contributed by atoms with Crippen LogP contribution in [-0.4, -0.2) is 31.8 Å². The van der Waals surface area contributed by atoms with Crippen LogP contribution < -0.4 is 10.1 Å². The predicted octanol–water partition coefficient (Wildman–Crippen LogP) is 2.31. The van der Waals surface area contributed by atoms with E-state index < -0.39 is 6.10 Å². The maximum absolute atomic E-state index is 11.8. The smallest absolute Gasteiger partial charge is 0.260 e. The molecule has 0 aliphatic carbocycles. The van der Waals surface area contributed by atoms with Crippen molar-refractivity contribution in [3.05, 3.63) is 29.8 Å². The van der Waals surface area contributed by atoms with Crippen LogP contribution in [0.1, 0.15) is 25.8 Å². The third-order valence-corrected chi connectivity index (χ3v) is 2.67. The van der Waals surface area contributed by atoms with Crippen LogP contribution in [0.2, 0.25) is 0 Å². The number of carbonyl (C=O) groups is 1. The highest BCUT2D eigenvalue weighted by molar-refractivity contribution is 5.80. The first-order valence-corrected chi connectivity index (χ1v) is 6.72. The third kappa shape index (κ3) is 6.25. The molecule has 0 saturated heterocycles. The van der Waals surface area contributed by atoms with Crippen molar-refractivity contribution in [2.45, 2.75) is 33.3 Å². The Hall–Kier alpha value is -1.55. The van der Waals surface area contributed by atoms with Crippen molar-refractivity contribution in [2.75, 3.05) is 19.8 Å². The highest BCUT2D eigenvalue weighted by Crippen LogP contribution is 2.13. The molecule has 0 heterocycles. The molecular formula is C15H23NO3. The third-order valence-electron chi connectivity index (χ3n) is 2.67. The maximum Gasteiger partial charge on any atom is 0.260 e. The van der Waals surface area contributed by atoms with Gasteiger partial charge in [0.15, 0.2) is 6.10 Å². The number of hydrogen-bond donors (Lipinski definition) is 1. The Morgan fingerprint density at radius 3 is 2.63 bits per heavy atom. The monoisotopic (exact) mass is 265 g/mol. The standard InChI is InChI=1S/C15H23NO3/c1-4-18-11-5-10-16-15(17)13(3)19-14-8-6-12(2)7-9-14/h6-9,13H,4-5,10-11H2,1-3H3,(H,16,17)/t13-/m1/s1.